The predicted molar refractivity (Wildman–Crippen MR) is 121 cm³/mol. The number of carbonyl (C=O) groups excluding carboxylic acids is 1. The van der Waals surface area contributed by atoms with Gasteiger partial charge in [-0.2, -0.15) is 0 Å². The monoisotopic (exact) mass is 478 g/mol. The number of anilines is 1. The van der Waals surface area contributed by atoms with Gasteiger partial charge in [0, 0.05) is 30.5 Å². The minimum Gasteiger partial charge on any atom is -0.482 e. The van der Waals surface area contributed by atoms with E-state index < -0.39 is 0 Å². The van der Waals surface area contributed by atoms with Crippen LogP contribution in [0.2, 0.25) is 10.0 Å². The number of imidazole rings is 1. The Morgan fingerprint density at radius 3 is 2.87 bits per heavy atom. The molecule has 6 nitrogen and oxygen atoms in total. The number of benzene rings is 2. The lowest BCUT2D eigenvalue weighted by atomic mass is 10.3. The van der Waals surface area contributed by atoms with Crippen LogP contribution in [0.25, 0.3) is 10.2 Å². The Morgan fingerprint density at radius 2 is 2.10 bits per heavy atom. The number of thiazole rings is 1. The lowest BCUT2D eigenvalue weighted by Gasteiger charge is -2.20. The standard InChI is InChI=1S/C21H17Cl2FN4O2S/c22-14-2-5-18(16(23)10-14)30-12-20(29)28(8-1-7-27-9-6-25-13-27)21-26-17-4-3-15(24)11-19(17)31-21/h2-6,9-11,13H,1,7-8,12H2. The van der Waals surface area contributed by atoms with E-state index in [0.29, 0.717) is 50.7 Å². The second kappa shape index (κ2) is 9.64. The van der Waals surface area contributed by atoms with Crippen LogP contribution in [-0.2, 0) is 11.3 Å². The number of fused-ring (bicyclic) bond motifs is 1. The highest BCUT2D eigenvalue weighted by Gasteiger charge is 2.21. The first kappa shape index (κ1) is 21.5. The summed E-state index contributed by atoms with van der Waals surface area (Å²) in [4.78, 5) is 23.1. The van der Waals surface area contributed by atoms with Crippen LogP contribution in [0.5, 0.6) is 5.75 Å². The summed E-state index contributed by atoms with van der Waals surface area (Å²) in [6.45, 7) is 0.876. The van der Waals surface area contributed by atoms with Crippen molar-refractivity contribution < 1.29 is 13.9 Å². The van der Waals surface area contributed by atoms with E-state index in [1.54, 1.807) is 41.7 Å². The second-order valence-corrected chi connectivity index (χ2v) is 8.52. The molecular weight excluding hydrogens is 462 g/mol. The van der Waals surface area contributed by atoms with Gasteiger partial charge in [-0.05, 0) is 42.8 Å². The Kier molecular flexibility index (Phi) is 6.70. The molecule has 0 unspecified atom stereocenters. The van der Waals surface area contributed by atoms with E-state index >= 15 is 0 Å². The number of aromatic nitrogens is 3. The van der Waals surface area contributed by atoms with Gasteiger partial charge in [-0.3, -0.25) is 9.69 Å². The largest absolute Gasteiger partial charge is 0.482 e. The van der Waals surface area contributed by atoms with Crippen LogP contribution in [0.15, 0.2) is 55.1 Å². The molecule has 4 aromatic rings. The number of carbonyl (C=O) groups is 1. The molecule has 10 heteroatoms. The maximum Gasteiger partial charge on any atom is 0.266 e. The van der Waals surface area contributed by atoms with E-state index in [1.807, 2.05) is 10.8 Å². The summed E-state index contributed by atoms with van der Waals surface area (Å²) in [5, 5.41) is 1.29. The molecule has 0 spiro atoms. The van der Waals surface area contributed by atoms with Gasteiger partial charge in [-0.15, -0.1) is 0 Å². The fourth-order valence-electron chi connectivity index (χ4n) is 2.97. The molecule has 2 aromatic heterocycles. The van der Waals surface area contributed by atoms with E-state index in [-0.39, 0.29) is 18.3 Å². The van der Waals surface area contributed by atoms with Crippen molar-refractivity contribution in [2.45, 2.75) is 13.0 Å². The number of nitrogens with zero attached hydrogens (tertiary/aromatic N) is 4. The molecule has 0 aliphatic heterocycles. The summed E-state index contributed by atoms with van der Waals surface area (Å²) in [7, 11) is 0. The number of aryl methyl sites for hydroxylation is 1. The number of halogens is 3. The molecular formula is C21H17Cl2FN4O2S. The minimum absolute atomic E-state index is 0.225. The normalized spacial score (nSPS) is 11.1. The van der Waals surface area contributed by atoms with Gasteiger partial charge in [0.2, 0.25) is 0 Å². The molecule has 0 radical (unpaired) electrons. The van der Waals surface area contributed by atoms with Crippen molar-refractivity contribution in [2.75, 3.05) is 18.1 Å². The lowest BCUT2D eigenvalue weighted by molar-refractivity contribution is -0.120. The number of amides is 1. The summed E-state index contributed by atoms with van der Waals surface area (Å²) in [5.41, 5.74) is 0.635. The fourth-order valence-corrected chi connectivity index (χ4v) is 4.47. The molecule has 2 aromatic carbocycles. The molecule has 0 aliphatic carbocycles. The van der Waals surface area contributed by atoms with Crippen molar-refractivity contribution in [3.05, 3.63) is 71.0 Å². The van der Waals surface area contributed by atoms with Crippen LogP contribution < -0.4 is 9.64 Å². The zero-order valence-corrected chi connectivity index (χ0v) is 18.5. The molecule has 0 N–H and O–H groups in total. The summed E-state index contributed by atoms with van der Waals surface area (Å²) < 4.78 is 21.8. The van der Waals surface area contributed by atoms with E-state index in [9.17, 15) is 9.18 Å². The number of hydrogen-bond acceptors (Lipinski definition) is 5. The molecule has 0 atom stereocenters. The topological polar surface area (TPSA) is 60.2 Å². The van der Waals surface area contributed by atoms with Gasteiger partial charge in [0.05, 0.1) is 21.6 Å². The third kappa shape index (κ3) is 5.33. The van der Waals surface area contributed by atoms with Gasteiger partial charge in [-0.1, -0.05) is 34.5 Å². The summed E-state index contributed by atoms with van der Waals surface area (Å²) in [5.74, 6) is -0.262. The Balaban J connectivity index is 1.51. The fraction of sp³-hybridized carbons (Fsp3) is 0.190. The second-order valence-electron chi connectivity index (χ2n) is 6.67. The van der Waals surface area contributed by atoms with Crippen molar-refractivity contribution in [3.8, 4) is 5.75 Å². The zero-order chi connectivity index (χ0) is 21.8. The third-order valence-electron chi connectivity index (χ3n) is 4.47. The molecule has 160 valence electrons. The van der Waals surface area contributed by atoms with Gasteiger partial charge in [0.1, 0.15) is 11.6 Å². The van der Waals surface area contributed by atoms with Crippen LogP contribution in [0.3, 0.4) is 0 Å². The minimum atomic E-state index is -0.346. The van der Waals surface area contributed by atoms with E-state index in [1.165, 1.54) is 23.5 Å². The Labute approximate surface area is 191 Å². The van der Waals surface area contributed by atoms with Crippen molar-refractivity contribution in [1.82, 2.24) is 14.5 Å². The van der Waals surface area contributed by atoms with Gasteiger partial charge in [0.25, 0.3) is 5.91 Å². The van der Waals surface area contributed by atoms with Crippen LogP contribution in [-0.4, -0.2) is 33.6 Å². The first-order chi connectivity index (χ1) is 15.0. The first-order valence-corrected chi connectivity index (χ1v) is 11.0. The first-order valence-electron chi connectivity index (χ1n) is 9.39. The van der Waals surface area contributed by atoms with Crippen molar-refractivity contribution >= 4 is 55.8 Å². The quantitative estimate of drug-likeness (QED) is 0.338. The summed E-state index contributed by atoms with van der Waals surface area (Å²) in [6, 6.07) is 9.16. The number of rotatable bonds is 8. The van der Waals surface area contributed by atoms with Gasteiger partial charge < -0.3 is 9.30 Å². The predicted octanol–water partition coefficient (Wildman–Crippen LogP) is 5.44. The average molecular weight is 479 g/mol. The molecule has 0 bridgehead atoms. The molecule has 0 saturated heterocycles. The van der Waals surface area contributed by atoms with Crippen molar-refractivity contribution in [2.24, 2.45) is 0 Å². The maximum absolute atomic E-state index is 13.6. The Bertz CT molecular complexity index is 1200. The van der Waals surface area contributed by atoms with Crippen LogP contribution in [0, 0.1) is 5.82 Å². The van der Waals surface area contributed by atoms with E-state index in [2.05, 4.69) is 9.97 Å². The molecule has 0 saturated carbocycles. The van der Waals surface area contributed by atoms with E-state index in [0.717, 1.165) is 0 Å². The number of ether oxygens (including phenoxy) is 1. The lowest BCUT2D eigenvalue weighted by Crippen LogP contribution is -2.36. The molecule has 0 aliphatic rings. The zero-order valence-electron chi connectivity index (χ0n) is 16.2. The molecule has 31 heavy (non-hydrogen) atoms. The van der Waals surface area contributed by atoms with Gasteiger partial charge in [0.15, 0.2) is 11.7 Å². The summed E-state index contributed by atoms with van der Waals surface area (Å²) >= 11 is 13.3. The Hall–Kier alpha value is -2.68. The van der Waals surface area contributed by atoms with E-state index in [4.69, 9.17) is 27.9 Å². The van der Waals surface area contributed by atoms with Crippen LogP contribution in [0.4, 0.5) is 9.52 Å². The SMILES string of the molecule is O=C(COc1ccc(Cl)cc1Cl)N(CCCn1ccnc1)c1nc2ccc(F)cc2s1. The number of hydrogen-bond donors (Lipinski definition) is 0. The van der Waals surface area contributed by atoms with Crippen molar-refractivity contribution in [1.29, 1.82) is 0 Å². The molecule has 0 fully saturated rings. The molecule has 1 amide bonds. The highest BCUT2D eigenvalue weighted by atomic mass is 35.5. The third-order valence-corrected chi connectivity index (χ3v) is 6.05. The highest BCUT2D eigenvalue weighted by molar-refractivity contribution is 7.22. The van der Waals surface area contributed by atoms with Crippen LogP contribution in [0.1, 0.15) is 6.42 Å². The van der Waals surface area contributed by atoms with Gasteiger partial charge >= 0.3 is 0 Å². The summed E-state index contributed by atoms with van der Waals surface area (Å²) in [6.07, 6.45) is 5.96. The highest BCUT2D eigenvalue weighted by Crippen LogP contribution is 2.31. The Morgan fingerprint density at radius 1 is 1.23 bits per heavy atom. The van der Waals surface area contributed by atoms with Gasteiger partial charge in [-0.25, -0.2) is 14.4 Å². The van der Waals surface area contributed by atoms with Crippen molar-refractivity contribution in [3.63, 3.8) is 0 Å². The van der Waals surface area contributed by atoms with Crippen LogP contribution >= 0.6 is 34.5 Å². The molecule has 2 heterocycles. The maximum atomic E-state index is 13.6. The smallest absolute Gasteiger partial charge is 0.266 e. The molecule has 4 rings (SSSR count). The average Bonchev–Trinajstić information content (AvgIpc) is 3.39.